The molecule has 2 aliphatic heterocycles. The van der Waals surface area contributed by atoms with E-state index in [1.54, 1.807) is 32.0 Å². The summed E-state index contributed by atoms with van der Waals surface area (Å²) in [7, 11) is 1.27. The quantitative estimate of drug-likeness (QED) is 0.633. The van der Waals surface area contributed by atoms with Crippen molar-refractivity contribution in [2.45, 2.75) is 25.9 Å². The normalized spacial score (nSPS) is 20.5. The molecular weight excluding hydrogens is 368 g/mol. The van der Waals surface area contributed by atoms with Gasteiger partial charge in [0.05, 0.1) is 13.7 Å². The number of rotatable bonds is 4. The van der Waals surface area contributed by atoms with Crippen molar-refractivity contribution in [1.82, 2.24) is 10.2 Å². The molecule has 146 valence electrons. The fraction of sp³-hybridized carbons (Fsp3) is 0.316. The minimum atomic E-state index is -1.26. The first-order chi connectivity index (χ1) is 13.3. The van der Waals surface area contributed by atoms with E-state index in [-0.39, 0.29) is 18.9 Å². The average Bonchev–Trinajstić information content (AvgIpc) is 3.34. The van der Waals surface area contributed by atoms with Crippen molar-refractivity contribution in [2.24, 2.45) is 0 Å². The van der Waals surface area contributed by atoms with E-state index in [1.165, 1.54) is 13.2 Å². The van der Waals surface area contributed by atoms with Crippen molar-refractivity contribution in [1.29, 1.82) is 0 Å². The first-order valence-electron chi connectivity index (χ1n) is 8.55. The van der Waals surface area contributed by atoms with Crippen molar-refractivity contribution in [3.8, 4) is 11.5 Å². The van der Waals surface area contributed by atoms with E-state index in [0.29, 0.717) is 28.6 Å². The zero-order valence-electron chi connectivity index (χ0n) is 15.5. The van der Waals surface area contributed by atoms with Gasteiger partial charge in [-0.2, -0.15) is 0 Å². The molecule has 0 spiro atoms. The van der Waals surface area contributed by atoms with Crippen molar-refractivity contribution in [3.05, 3.63) is 46.9 Å². The number of methoxy groups -OCH3 is 1. The Kier molecular flexibility index (Phi) is 4.02. The largest absolute Gasteiger partial charge is 0.465 e. The molecule has 9 heteroatoms. The van der Waals surface area contributed by atoms with E-state index in [0.717, 1.165) is 4.90 Å². The van der Waals surface area contributed by atoms with Crippen LogP contribution in [-0.2, 0) is 21.6 Å². The van der Waals surface area contributed by atoms with Gasteiger partial charge in [-0.15, -0.1) is 0 Å². The van der Waals surface area contributed by atoms with Crippen LogP contribution in [0.1, 0.15) is 34.4 Å². The number of hydrogen-bond acceptors (Lipinski definition) is 7. The van der Waals surface area contributed by atoms with Crippen molar-refractivity contribution >= 4 is 17.9 Å². The molecule has 1 saturated heterocycles. The molecule has 1 aromatic carbocycles. The number of imide groups is 1. The number of benzene rings is 1. The Morgan fingerprint density at radius 3 is 2.75 bits per heavy atom. The summed E-state index contributed by atoms with van der Waals surface area (Å²) in [6.07, 6.45) is 0. The van der Waals surface area contributed by atoms with Crippen LogP contribution in [-0.4, -0.2) is 36.7 Å². The van der Waals surface area contributed by atoms with Gasteiger partial charge in [0, 0.05) is 0 Å². The average molecular weight is 386 g/mol. The number of carbonyl (C=O) groups excluding carboxylic acids is 3. The van der Waals surface area contributed by atoms with Gasteiger partial charge in [-0.25, -0.2) is 9.59 Å². The van der Waals surface area contributed by atoms with E-state index in [9.17, 15) is 14.4 Å². The van der Waals surface area contributed by atoms with Gasteiger partial charge in [-0.05, 0) is 37.6 Å². The zero-order valence-corrected chi connectivity index (χ0v) is 15.5. The second-order valence-electron chi connectivity index (χ2n) is 6.69. The Morgan fingerprint density at radius 2 is 2.00 bits per heavy atom. The van der Waals surface area contributed by atoms with Crippen LogP contribution in [0, 0.1) is 6.92 Å². The van der Waals surface area contributed by atoms with Crippen LogP contribution in [0.5, 0.6) is 11.5 Å². The van der Waals surface area contributed by atoms with Crippen LogP contribution in [0.4, 0.5) is 4.79 Å². The lowest BCUT2D eigenvalue weighted by atomic mass is 9.91. The highest BCUT2D eigenvalue weighted by Gasteiger charge is 2.49. The molecule has 0 saturated carbocycles. The first-order valence-corrected chi connectivity index (χ1v) is 8.55. The van der Waals surface area contributed by atoms with Crippen LogP contribution in [0.25, 0.3) is 0 Å². The maximum Gasteiger partial charge on any atom is 0.341 e. The summed E-state index contributed by atoms with van der Waals surface area (Å²) in [5, 5.41) is 2.72. The third-order valence-corrected chi connectivity index (χ3v) is 4.91. The summed E-state index contributed by atoms with van der Waals surface area (Å²) >= 11 is 0. The lowest BCUT2D eigenvalue weighted by Crippen LogP contribution is -2.40. The highest BCUT2D eigenvalue weighted by atomic mass is 16.7. The number of urea groups is 1. The number of furan rings is 1. The Morgan fingerprint density at radius 1 is 1.25 bits per heavy atom. The fourth-order valence-corrected chi connectivity index (χ4v) is 3.33. The van der Waals surface area contributed by atoms with Gasteiger partial charge in [0.25, 0.3) is 5.91 Å². The van der Waals surface area contributed by atoms with Gasteiger partial charge in [0.15, 0.2) is 11.5 Å². The van der Waals surface area contributed by atoms with Crippen molar-refractivity contribution < 1.29 is 33.0 Å². The van der Waals surface area contributed by atoms with Crippen LogP contribution < -0.4 is 14.8 Å². The van der Waals surface area contributed by atoms with Gasteiger partial charge in [-0.3, -0.25) is 9.69 Å². The van der Waals surface area contributed by atoms with E-state index in [1.807, 2.05) is 0 Å². The third-order valence-electron chi connectivity index (χ3n) is 4.91. The molecule has 2 aromatic rings. The Labute approximate surface area is 160 Å². The number of carbonyl (C=O) groups is 3. The number of fused-ring (bicyclic) bond motifs is 1. The lowest BCUT2D eigenvalue weighted by molar-refractivity contribution is -0.131. The lowest BCUT2D eigenvalue weighted by Gasteiger charge is -2.22. The third kappa shape index (κ3) is 2.67. The highest BCUT2D eigenvalue weighted by molar-refractivity contribution is 6.07. The van der Waals surface area contributed by atoms with Crippen LogP contribution in [0.15, 0.2) is 28.7 Å². The summed E-state index contributed by atoms with van der Waals surface area (Å²) in [6, 6.07) is 6.00. The minimum Gasteiger partial charge on any atom is -0.465 e. The van der Waals surface area contributed by atoms with E-state index >= 15 is 0 Å². The second kappa shape index (κ2) is 6.29. The molecule has 1 aromatic heterocycles. The Hall–Kier alpha value is -3.49. The van der Waals surface area contributed by atoms with Crippen molar-refractivity contribution in [2.75, 3.05) is 13.9 Å². The SMILES string of the molecule is COC(=O)c1cc(CN2C(=O)N[C@](C)(c3ccc4c(c3)OCO4)C2=O)oc1C. The molecule has 0 bridgehead atoms. The van der Waals surface area contributed by atoms with Gasteiger partial charge in [0.1, 0.15) is 22.6 Å². The molecule has 0 radical (unpaired) electrons. The van der Waals surface area contributed by atoms with Crippen LogP contribution >= 0.6 is 0 Å². The fourth-order valence-electron chi connectivity index (χ4n) is 3.33. The number of ether oxygens (including phenoxy) is 3. The van der Waals surface area contributed by atoms with Crippen molar-refractivity contribution in [3.63, 3.8) is 0 Å². The van der Waals surface area contributed by atoms with Gasteiger partial charge < -0.3 is 23.9 Å². The molecule has 0 unspecified atom stereocenters. The number of aryl methyl sites for hydroxylation is 1. The number of amides is 3. The topological polar surface area (TPSA) is 107 Å². The summed E-state index contributed by atoms with van der Waals surface area (Å²) in [6.45, 7) is 3.24. The van der Waals surface area contributed by atoms with Gasteiger partial charge in [-0.1, -0.05) is 6.07 Å². The summed E-state index contributed by atoms with van der Waals surface area (Å²) < 4.78 is 20.9. The molecule has 28 heavy (non-hydrogen) atoms. The van der Waals surface area contributed by atoms with Gasteiger partial charge in [0.2, 0.25) is 6.79 Å². The van der Waals surface area contributed by atoms with Crippen LogP contribution in [0.2, 0.25) is 0 Å². The summed E-state index contributed by atoms with van der Waals surface area (Å²) in [5.74, 6) is 0.773. The summed E-state index contributed by atoms with van der Waals surface area (Å²) in [4.78, 5) is 38.3. The second-order valence-corrected chi connectivity index (χ2v) is 6.69. The number of nitrogens with one attached hydrogen (secondary N) is 1. The van der Waals surface area contributed by atoms with E-state index in [4.69, 9.17) is 13.9 Å². The number of hydrogen-bond donors (Lipinski definition) is 1. The molecule has 2 aliphatic rings. The van der Waals surface area contributed by atoms with E-state index < -0.39 is 23.4 Å². The zero-order chi connectivity index (χ0) is 20.1. The molecule has 1 N–H and O–H groups in total. The molecule has 3 amide bonds. The molecule has 4 rings (SSSR count). The minimum absolute atomic E-state index is 0.108. The molecule has 1 fully saturated rings. The first kappa shape index (κ1) is 17.9. The smallest absolute Gasteiger partial charge is 0.341 e. The number of esters is 1. The molecule has 3 heterocycles. The maximum absolute atomic E-state index is 13.1. The molecule has 0 aliphatic carbocycles. The predicted molar refractivity (Wildman–Crippen MR) is 93.8 cm³/mol. The Bertz CT molecular complexity index is 996. The number of nitrogens with zero attached hydrogens (tertiary/aromatic N) is 1. The molecule has 1 atom stereocenters. The molecule has 9 nitrogen and oxygen atoms in total. The predicted octanol–water partition coefficient (Wildman–Crippen LogP) is 2.07. The summed E-state index contributed by atoms with van der Waals surface area (Å²) in [5.41, 5.74) is -0.434. The van der Waals surface area contributed by atoms with Crippen LogP contribution in [0.3, 0.4) is 0 Å². The highest BCUT2D eigenvalue weighted by Crippen LogP contribution is 2.38. The Balaban J connectivity index is 1.60. The monoisotopic (exact) mass is 386 g/mol. The van der Waals surface area contributed by atoms with E-state index in [2.05, 4.69) is 10.1 Å². The molecular formula is C19H18N2O7. The maximum atomic E-state index is 13.1. The standard InChI is InChI=1S/C19H18N2O7/c1-10-13(16(22)25-3)7-12(28-10)8-21-17(23)19(2,20-18(21)24)11-4-5-14-15(6-11)27-9-26-14/h4-7H,8-9H2,1-3H3,(H,20,24)/t19-/m1/s1. The van der Waals surface area contributed by atoms with Gasteiger partial charge >= 0.3 is 12.0 Å².